The average Bonchev–Trinajstić information content (AvgIpc) is 3.08. The second kappa shape index (κ2) is 9.17. The van der Waals surface area contributed by atoms with Crippen LogP contribution in [0.25, 0.3) is 21.5 Å². The van der Waals surface area contributed by atoms with Crippen molar-refractivity contribution >= 4 is 45.0 Å². The fraction of sp³-hybridized carbons (Fsp3) is 0.241. The Morgan fingerprint density at radius 2 is 1.50 bits per heavy atom. The van der Waals surface area contributed by atoms with E-state index in [2.05, 4.69) is 5.32 Å². The Balaban J connectivity index is 1.57. The summed E-state index contributed by atoms with van der Waals surface area (Å²) in [5, 5.41) is 18.6. The van der Waals surface area contributed by atoms with E-state index in [-0.39, 0.29) is 6.03 Å². The highest BCUT2D eigenvalue weighted by Gasteiger charge is 2.56. The Morgan fingerprint density at radius 1 is 0.917 bits per heavy atom. The Bertz CT molecular complexity index is 1440. The molecule has 0 aliphatic carbocycles. The Morgan fingerprint density at radius 3 is 2.19 bits per heavy atom. The average molecular weight is 483 g/mol. The number of amides is 4. The first kappa shape index (κ1) is 23.6. The lowest BCUT2D eigenvalue weighted by Crippen LogP contribution is -2.58. The van der Waals surface area contributed by atoms with Gasteiger partial charge in [0.05, 0.1) is 16.9 Å². The van der Waals surface area contributed by atoms with Gasteiger partial charge >= 0.3 is 12.1 Å². The van der Waals surface area contributed by atoms with Crippen LogP contribution in [0.4, 0.5) is 21.0 Å². The molecule has 1 heterocycles. The topological polar surface area (TPSA) is 76.1 Å². The smallest absolute Gasteiger partial charge is 0.315 e. The van der Waals surface area contributed by atoms with Gasteiger partial charge in [0.25, 0.3) is 0 Å². The van der Waals surface area contributed by atoms with Crippen LogP contribution in [-0.4, -0.2) is 45.5 Å². The summed E-state index contributed by atoms with van der Waals surface area (Å²) >= 11 is 0. The number of urea groups is 2. The number of hydrogen-bond donors (Lipinski definition) is 2. The third-order valence-corrected chi connectivity index (χ3v) is 6.95. The molecule has 4 aromatic carbocycles. The molecule has 5 rings (SSSR count). The molecule has 0 aromatic heterocycles. The molecule has 1 fully saturated rings. The number of rotatable bonds is 5. The van der Waals surface area contributed by atoms with Gasteiger partial charge < -0.3 is 10.2 Å². The molecule has 1 aliphatic rings. The summed E-state index contributed by atoms with van der Waals surface area (Å²) in [6, 6.07) is 25.9. The third kappa shape index (κ3) is 3.82. The summed E-state index contributed by atoms with van der Waals surface area (Å²) in [6.07, 6.45) is -0.212. The van der Waals surface area contributed by atoms with Crippen molar-refractivity contribution in [2.75, 3.05) is 16.8 Å². The Hall–Kier alpha value is -4.10. The summed E-state index contributed by atoms with van der Waals surface area (Å²) < 4.78 is 0. The maximum absolute atomic E-state index is 13.8. The summed E-state index contributed by atoms with van der Waals surface area (Å²) in [5.41, 5.74) is 0.364. The van der Waals surface area contributed by atoms with Crippen molar-refractivity contribution in [2.45, 2.75) is 38.9 Å². The summed E-state index contributed by atoms with van der Waals surface area (Å²) in [6.45, 7) is 6.26. The van der Waals surface area contributed by atoms with Crippen molar-refractivity contribution in [3.8, 4) is 0 Å². The molecule has 0 bridgehead atoms. The number of carbonyl (C=O) groups excluding carboxylic acids is 2. The van der Waals surface area contributed by atoms with E-state index in [9.17, 15) is 14.8 Å². The summed E-state index contributed by atoms with van der Waals surface area (Å²) in [4.78, 5) is 30.5. The van der Waals surface area contributed by atoms with Crippen LogP contribution in [0.5, 0.6) is 0 Å². The van der Waals surface area contributed by atoms with Gasteiger partial charge in [-0.15, -0.1) is 0 Å². The van der Waals surface area contributed by atoms with Crippen molar-refractivity contribution < 1.29 is 14.8 Å². The summed E-state index contributed by atoms with van der Waals surface area (Å²) in [5.74, 6) is 0. The lowest BCUT2D eigenvalue weighted by atomic mass is 9.99. The number of hydrogen-bond acceptors (Lipinski definition) is 3. The van der Waals surface area contributed by atoms with E-state index in [1.165, 1.54) is 0 Å². The number of benzene rings is 4. The molecule has 0 saturated carbocycles. The molecular weight excluding hydrogens is 452 g/mol. The highest BCUT2D eigenvalue weighted by atomic mass is 16.5. The van der Waals surface area contributed by atoms with E-state index < -0.39 is 17.7 Å². The van der Waals surface area contributed by atoms with Crippen LogP contribution in [-0.2, 0) is 0 Å². The first-order chi connectivity index (χ1) is 17.3. The fourth-order valence-electron chi connectivity index (χ4n) is 5.22. The second-order valence-corrected chi connectivity index (χ2v) is 9.63. The molecule has 4 amide bonds. The van der Waals surface area contributed by atoms with E-state index in [4.69, 9.17) is 0 Å². The Labute approximate surface area is 210 Å². The standard InChI is InChI=1S/C29H30N4O3/c1-4-19-31-28(35)32(25-18-10-14-21-12-6-8-16-23(21)25)26(29(31,2)3)33(36)27(34)30-24-17-9-13-20-11-5-7-15-22(20)24/h5-18,26,36H,4,19H2,1-3H3,(H,30,34)/t26-/m0/s1. The van der Waals surface area contributed by atoms with Gasteiger partial charge in [0.2, 0.25) is 0 Å². The minimum atomic E-state index is -0.961. The zero-order valence-corrected chi connectivity index (χ0v) is 20.7. The molecule has 4 aromatic rings. The number of hydroxylamine groups is 2. The molecule has 184 valence electrons. The highest BCUT2D eigenvalue weighted by molar-refractivity contribution is 6.06. The molecule has 36 heavy (non-hydrogen) atoms. The summed E-state index contributed by atoms with van der Waals surface area (Å²) in [7, 11) is 0. The molecular formula is C29H30N4O3. The van der Waals surface area contributed by atoms with Gasteiger partial charge in [-0.3, -0.25) is 10.1 Å². The van der Waals surface area contributed by atoms with E-state index in [0.717, 1.165) is 28.0 Å². The molecule has 7 nitrogen and oxygen atoms in total. The van der Waals surface area contributed by atoms with Crippen LogP contribution in [0.15, 0.2) is 84.9 Å². The number of fused-ring (bicyclic) bond motifs is 2. The maximum atomic E-state index is 13.8. The zero-order chi connectivity index (χ0) is 25.4. The zero-order valence-electron chi connectivity index (χ0n) is 20.7. The van der Waals surface area contributed by atoms with E-state index >= 15 is 0 Å². The lowest BCUT2D eigenvalue weighted by molar-refractivity contribution is -0.0947. The number of carbonyl (C=O) groups is 2. The van der Waals surface area contributed by atoms with Gasteiger partial charge in [-0.25, -0.2) is 9.59 Å². The molecule has 0 radical (unpaired) electrons. The van der Waals surface area contributed by atoms with E-state index in [1.54, 1.807) is 15.9 Å². The van der Waals surface area contributed by atoms with Crippen LogP contribution in [0.1, 0.15) is 27.2 Å². The van der Waals surface area contributed by atoms with Gasteiger partial charge in [0.1, 0.15) is 0 Å². The van der Waals surface area contributed by atoms with Crippen LogP contribution in [0, 0.1) is 0 Å². The molecule has 1 saturated heterocycles. The van der Waals surface area contributed by atoms with Gasteiger partial charge in [-0.05, 0) is 43.2 Å². The predicted octanol–water partition coefficient (Wildman–Crippen LogP) is 6.67. The van der Waals surface area contributed by atoms with Crippen LogP contribution >= 0.6 is 0 Å². The van der Waals surface area contributed by atoms with Crippen molar-refractivity contribution in [3.63, 3.8) is 0 Å². The largest absolute Gasteiger partial charge is 0.347 e. The fourth-order valence-corrected chi connectivity index (χ4v) is 5.22. The molecule has 1 atom stereocenters. The first-order valence-corrected chi connectivity index (χ1v) is 12.2. The van der Waals surface area contributed by atoms with Crippen LogP contribution in [0.2, 0.25) is 0 Å². The SMILES string of the molecule is CCCN1C(=O)N(c2cccc3ccccc23)[C@@H](N(O)C(=O)Nc2cccc3ccccc23)C1(C)C. The van der Waals surface area contributed by atoms with Crippen LogP contribution in [0.3, 0.4) is 0 Å². The van der Waals surface area contributed by atoms with Crippen molar-refractivity contribution in [1.29, 1.82) is 0 Å². The van der Waals surface area contributed by atoms with Gasteiger partial charge in [-0.1, -0.05) is 79.7 Å². The molecule has 2 N–H and O–H groups in total. The van der Waals surface area contributed by atoms with E-state index in [0.29, 0.717) is 23.0 Å². The Kier molecular flexibility index (Phi) is 6.02. The molecule has 0 unspecified atom stereocenters. The quantitative estimate of drug-likeness (QED) is 0.246. The van der Waals surface area contributed by atoms with E-state index in [1.807, 2.05) is 99.6 Å². The number of nitrogens with one attached hydrogen (secondary N) is 1. The highest BCUT2D eigenvalue weighted by Crippen LogP contribution is 2.40. The molecule has 7 heteroatoms. The van der Waals surface area contributed by atoms with Crippen molar-refractivity contribution in [2.24, 2.45) is 0 Å². The van der Waals surface area contributed by atoms with Gasteiger partial charge in [-0.2, -0.15) is 5.06 Å². The van der Waals surface area contributed by atoms with Crippen molar-refractivity contribution in [3.05, 3.63) is 84.9 Å². The maximum Gasteiger partial charge on any atom is 0.347 e. The number of nitrogens with zero attached hydrogens (tertiary/aromatic N) is 3. The molecule has 0 spiro atoms. The van der Waals surface area contributed by atoms with Gasteiger partial charge in [0, 0.05) is 17.3 Å². The predicted molar refractivity (Wildman–Crippen MR) is 143 cm³/mol. The monoisotopic (exact) mass is 482 g/mol. The normalized spacial score (nSPS) is 17.1. The third-order valence-electron chi connectivity index (χ3n) is 6.95. The molecule has 1 aliphatic heterocycles. The first-order valence-electron chi connectivity index (χ1n) is 12.2. The van der Waals surface area contributed by atoms with Gasteiger partial charge in [0.15, 0.2) is 6.17 Å². The van der Waals surface area contributed by atoms with Crippen molar-refractivity contribution in [1.82, 2.24) is 9.96 Å². The van der Waals surface area contributed by atoms with Crippen LogP contribution < -0.4 is 10.2 Å². The lowest BCUT2D eigenvalue weighted by Gasteiger charge is -2.38. The minimum Gasteiger partial charge on any atom is -0.315 e. The number of anilines is 2. The minimum absolute atomic E-state index is 0.250. The second-order valence-electron chi connectivity index (χ2n) is 9.63.